The van der Waals surface area contributed by atoms with Crippen molar-refractivity contribution in [2.75, 3.05) is 32.7 Å². The van der Waals surface area contributed by atoms with E-state index in [9.17, 15) is 13.2 Å². The van der Waals surface area contributed by atoms with Crippen molar-refractivity contribution in [3.63, 3.8) is 0 Å². The maximum atomic E-state index is 12.8. The zero-order valence-electron chi connectivity index (χ0n) is 17.3. The molecule has 0 radical (unpaired) electrons. The summed E-state index contributed by atoms with van der Waals surface area (Å²) in [5.74, 6) is 1.27. The van der Waals surface area contributed by atoms with Gasteiger partial charge in [-0.3, -0.25) is 4.79 Å². The molecule has 1 heterocycles. The summed E-state index contributed by atoms with van der Waals surface area (Å²) in [5.41, 5.74) is 1.04. The van der Waals surface area contributed by atoms with Gasteiger partial charge < -0.3 is 10.2 Å². The molecule has 156 valence electrons. The van der Waals surface area contributed by atoms with Crippen LogP contribution in [0.1, 0.15) is 38.7 Å². The summed E-state index contributed by atoms with van der Waals surface area (Å²) in [7, 11) is -3.45. The Bertz CT molecular complexity index is 771. The Morgan fingerprint density at radius 3 is 2.43 bits per heavy atom. The standard InChI is InChI=1S/C21H33N3O3S/c1-16-7-9-19(10-8-16)28(26,27)24-13-11-23(12-14-24)15-21(25)22-20-6-4-5-17(2)18(20)3/h7-10,17-18,20H,4-6,11-15H2,1-3H3,(H,22,25)/p+1/t17-,18+,20+/m1/s1. The average Bonchev–Trinajstić information content (AvgIpc) is 2.66. The molecule has 3 rings (SSSR count). The number of hydrogen-bond acceptors (Lipinski definition) is 3. The van der Waals surface area contributed by atoms with Crippen LogP contribution in [0.25, 0.3) is 0 Å². The highest BCUT2D eigenvalue weighted by Gasteiger charge is 2.32. The molecule has 2 N–H and O–H groups in total. The molecule has 0 spiro atoms. The van der Waals surface area contributed by atoms with Gasteiger partial charge >= 0.3 is 0 Å². The highest BCUT2D eigenvalue weighted by Crippen LogP contribution is 2.29. The third-order valence-corrected chi connectivity index (χ3v) is 8.46. The lowest BCUT2D eigenvalue weighted by Crippen LogP contribution is -3.15. The fourth-order valence-electron chi connectivity index (χ4n) is 4.35. The van der Waals surface area contributed by atoms with E-state index in [-0.39, 0.29) is 11.9 Å². The molecule has 1 saturated heterocycles. The van der Waals surface area contributed by atoms with Crippen LogP contribution >= 0.6 is 0 Å². The van der Waals surface area contributed by atoms with Gasteiger partial charge in [0.15, 0.2) is 6.54 Å². The third kappa shape index (κ3) is 4.93. The molecule has 1 aliphatic heterocycles. The number of quaternary nitrogens is 1. The Balaban J connectivity index is 1.50. The zero-order valence-corrected chi connectivity index (χ0v) is 18.1. The van der Waals surface area contributed by atoms with E-state index in [0.717, 1.165) is 16.9 Å². The van der Waals surface area contributed by atoms with E-state index in [0.29, 0.717) is 49.5 Å². The molecule has 6 nitrogen and oxygen atoms in total. The fourth-order valence-corrected chi connectivity index (χ4v) is 5.79. The van der Waals surface area contributed by atoms with E-state index >= 15 is 0 Å². The summed E-state index contributed by atoms with van der Waals surface area (Å²) in [4.78, 5) is 14.0. The molecule has 28 heavy (non-hydrogen) atoms. The first-order chi connectivity index (χ1) is 13.3. The summed E-state index contributed by atoms with van der Waals surface area (Å²) in [5, 5.41) is 3.23. The minimum atomic E-state index is -3.45. The molecule has 0 bridgehead atoms. The highest BCUT2D eigenvalue weighted by molar-refractivity contribution is 7.89. The second-order valence-electron chi connectivity index (χ2n) is 8.59. The third-order valence-electron chi connectivity index (χ3n) is 6.55. The number of sulfonamides is 1. The van der Waals surface area contributed by atoms with Crippen molar-refractivity contribution in [1.82, 2.24) is 9.62 Å². The van der Waals surface area contributed by atoms with Crippen LogP contribution < -0.4 is 10.2 Å². The number of rotatable bonds is 5. The van der Waals surface area contributed by atoms with E-state index in [1.165, 1.54) is 12.8 Å². The summed E-state index contributed by atoms with van der Waals surface area (Å²) >= 11 is 0. The van der Waals surface area contributed by atoms with Crippen molar-refractivity contribution in [1.29, 1.82) is 0 Å². The van der Waals surface area contributed by atoms with Crippen LogP contribution in [0, 0.1) is 18.8 Å². The lowest BCUT2D eigenvalue weighted by Gasteiger charge is -2.35. The fraction of sp³-hybridized carbons (Fsp3) is 0.667. The van der Waals surface area contributed by atoms with Crippen LogP contribution in [0.2, 0.25) is 0 Å². The first kappa shape index (κ1) is 21.3. The molecule has 2 aliphatic rings. The monoisotopic (exact) mass is 408 g/mol. The lowest BCUT2D eigenvalue weighted by molar-refractivity contribution is -0.895. The number of amides is 1. The van der Waals surface area contributed by atoms with E-state index in [4.69, 9.17) is 0 Å². The lowest BCUT2D eigenvalue weighted by atomic mass is 9.78. The molecular formula is C21H34N3O3S+. The van der Waals surface area contributed by atoms with Gasteiger partial charge in [-0.05, 0) is 37.3 Å². The van der Waals surface area contributed by atoms with Gasteiger partial charge in [-0.25, -0.2) is 8.42 Å². The number of aryl methyl sites for hydroxylation is 1. The molecule has 0 aromatic heterocycles. The second-order valence-corrected chi connectivity index (χ2v) is 10.5. The number of hydrogen-bond donors (Lipinski definition) is 2. The number of benzene rings is 1. The first-order valence-electron chi connectivity index (χ1n) is 10.5. The topological polar surface area (TPSA) is 70.9 Å². The second kappa shape index (κ2) is 8.93. The summed E-state index contributed by atoms with van der Waals surface area (Å²) in [6, 6.07) is 7.27. The highest BCUT2D eigenvalue weighted by atomic mass is 32.2. The van der Waals surface area contributed by atoms with Crippen LogP contribution in [0.3, 0.4) is 0 Å². The Kier molecular flexibility index (Phi) is 6.78. The van der Waals surface area contributed by atoms with E-state index in [1.54, 1.807) is 16.4 Å². The maximum Gasteiger partial charge on any atom is 0.275 e. The number of piperazine rings is 1. The van der Waals surface area contributed by atoms with Gasteiger partial charge in [0, 0.05) is 6.04 Å². The van der Waals surface area contributed by atoms with Crippen LogP contribution in [0.5, 0.6) is 0 Å². The minimum absolute atomic E-state index is 0.0933. The smallest absolute Gasteiger partial charge is 0.275 e. The van der Waals surface area contributed by atoms with Gasteiger partial charge in [-0.2, -0.15) is 4.31 Å². The molecule has 0 unspecified atom stereocenters. The minimum Gasteiger partial charge on any atom is -0.348 e. The van der Waals surface area contributed by atoms with Crippen molar-refractivity contribution in [2.24, 2.45) is 11.8 Å². The van der Waals surface area contributed by atoms with Crippen LogP contribution in [-0.2, 0) is 14.8 Å². The molecule has 7 heteroatoms. The summed E-state index contributed by atoms with van der Waals surface area (Å²) < 4.78 is 27.1. The van der Waals surface area contributed by atoms with E-state index in [1.807, 2.05) is 19.1 Å². The Labute approximate surface area is 169 Å². The number of carbonyl (C=O) groups excluding carboxylic acids is 1. The molecule has 1 saturated carbocycles. The van der Waals surface area contributed by atoms with E-state index in [2.05, 4.69) is 19.2 Å². The zero-order chi connectivity index (χ0) is 20.3. The molecule has 1 aromatic carbocycles. The number of carbonyl (C=O) groups is 1. The van der Waals surface area contributed by atoms with Gasteiger partial charge in [-0.1, -0.05) is 44.4 Å². The summed E-state index contributed by atoms with van der Waals surface area (Å²) in [6.07, 6.45) is 3.49. The summed E-state index contributed by atoms with van der Waals surface area (Å²) in [6.45, 7) is 9.10. The molecule has 1 aliphatic carbocycles. The number of nitrogens with zero attached hydrogens (tertiary/aromatic N) is 1. The van der Waals surface area contributed by atoms with Crippen molar-refractivity contribution >= 4 is 15.9 Å². The van der Waals surface area contributed by atoms with Crippen LogP contribution in [0.4, 0.5) is 0 Å². The average molecular weight is 409 g/mol. The molecule has 1 aromatic rings. The first-order valence-corrected chi connectivity index (χ1v) is 11.9. The van der Waals surface area contributed by atoms with Crippen LogP contribution in [0.15, 0.2) is 29.2 Å². The maximum absolute atomic E-state index is 12.8. The van der Waals surface area contributed by atoms with Crippen molar-refractivity contribution in [3.05, 3.63) is 29.8 Å². The Morgan fingerprint density at radius 2 is 1.79 bits per heavy atom. The Morgan fingerprint density at radius 1 is 1.14 bits per heavy atom. The van der Waals surface area contributed by atoms with Gasteiger partial charge in [0.2, 0.25) is 10.0 Å². The molecular weight excluding hydrogens is 374 g/mol. The molecule has 2 fully saturated rings. The van der Waals surface area contributed by atoms with Crippen molar-refractivity contribution in [2.45, 2.75) is 51.0 Å². The SMILES string of the molecule is Cc1ccc(S(=O)(=O)N2CC[NH+](CC(=O)N[C@H]3CCC[C@@H](C)[C@@H]3C)CC2)cc1. The normalized spacial score (nSPS) is 27.5. The largest absolute Gasteiger partial charge is 0.348 e. The molecule has 1 amide bonds. The van der Waals surface area contributed by atoms with Gasteiger partial charge in [0.25, 0.3) is 5.91 Å². The van der Waals surface area contributed by atoms with Gasteiger partial charge in [0.1, 0.15) is 0 Å². The predicted octanol–water partition coefficient (Wildman–Crippen LogP) is 0.825. The van der Waals surface area contributed by atoms with Gasteiger partial charge in [0.05, 0.1) is 31.1 Å². The molecule has 3 atom stereocenters. The Hall–Kier alpha value is -1.44. The number of nitrogens with one attached hydrogen (secondary N) is 2. The predicted molar refractivity (Wildman–Crippen MR) is 110 cm³/mol. The van der Waals surface area contributed by atoms with Gasteiger partial charge in [-0.15, -0.1) is 0 Å². The van der Waals surface area contributed by atoms with E-state index < -0.39 is 10.0 Å². The quantitative estimate of drug-likeness (QED) is 0.758. The van der Waals surface area contributed by atoms with Crippen LogP contribution in [-0.4, -0.2) is 57.4 Å². The van der Waals surface area contributed by atoms with Crippen molar-refractivity contribution < 1.29 is 18.1 Å². The van der Waals surface area contributed by atoms with Crippen molar-refractivity contribution in [3.8, 4) is 0 Å².